The van der Waals surface area contributed by atoms with E-state index in [9.17, 15) is 0 Å². The van der Waals surface area contributed by atoms with Crippen LogP contribution in [0.25, 0.3) is 0 Å². The normalized spacial score (nSPS) is 16.0. The van der Waals surface area contributed by atoms with E-state index >= 15 is 0 Å². The zero-order valence-corrected chi connectivity index (χ0v) is 13.5. The molecule has 1 N–H and O–H groups in total. The number of thiazole rings is 1. The average molecular weight is 303 g/mol. The maximum Gasteiger partial charge on any atom is 0.186 e. The third-order valence-corrected chi connectivity index (χ3v) is 5.27. The highest BCUT2D eigenvalue weighted by Gasteiger charge is 2.20. The van der Waals surface area contributed by atoms with Crippen LogP contribution in [0.4, 0.5) is 5.13 Å². The summed E-state index contributed by atoms with van der Waals surface area (Å²) in [6.07, 6.45) is 0. The molecular weight excluding hydrogens is 282 g/mol. The first kappa shape index (κ1) is 14.4. The van der Waals surface area contributed by atoms with Gasteiger partial charge < -0.3 is 15.0 Å². The Hall–Kier alpha value is -1.59. The van der Waals surface area contributed by atoms with Gasteiger partial charge in [-0.05, 0) is 27.0 Å². The fourth-order valence-corrected chi connectivity index (χ4v) is 3.70. The van der Waals surface area contributed by atoms with Gasteiger partial charge in [-0.1, -0.05) is 18.2 Å². The lowest BCUT2D eigenvalue weighted by molar-refractivity contribution is 0.331. The van der Waals surface area contributed by atoms with E-state index in [4.69, 9.17) is 9.72 Å². The molecule has 0 aliphatic carbocycles. The van der Waals surface area contributed by atoms with Crippen molar-refractivity contribution in [3.8, 4) is 5.75 Å². The fraction of sp³-hybridized carbons (Fsp3) is 0.438. The van der Waals surface area contributed by atoms with Gasteiger partial charge in [-0.25, -0.2) is 4.98 Å². The number of rotatable bonds is 3. The third kappa shape index (κ3) is 2.89. The molecule has 112 valence electrons. The lowest BCUT2D eigenvalue weighted by Gasteiger charge is -2.18. The molecule has 5 heteroatoms. The lowest BCUT2D eigenvalue weighted by atomic mass is 10.2. The first-order valence-corrected chi connectivity index (χ1v) is 8.11. The van der Waals surface area contributed by atoms with Gasteiger partial charge >= 0.3 is 0 Å². The molecule has 2 heterocycles. The fourth-order valence-electron chi connectivity index (χ4n) is 2.55. The topological polar surface area (TPSA) is 37.4 Å². The van der Waals surface area contributed by atoms with Crippen molar-refractivity contribution in [2.75, 3.05) is 25.1 Å². The summed E-state index contributed by atoms with van der Waals surface area (Å²) < 4.78 is 5.83. The Morgan fingerprint density at radius 1 is 1.38 bits per heavy atom. The van der Waals surface area contributed by atoms with Crippen LogP contribution in [0.2, 0.25) is 0 Å². The standard InChI is InChI=1S/C16H21N3OS/c1-11(17-3)15-12(2)18-16(21-15)19-8-9-20-14-7-5-4-6-13(14)10-19/h4-7,11,17H,8-10H2,1-3H3. The predicted octanol–water partition coefficient (Wildman–Crippen LogP) is 3.13. The summed E-state index contributed by atoms with van der Waals surface area (Å²) in [6, 6.07) is 8.60. The van der Waals surface area contributed by atoms with Crippen molar-refractivity contribution < 1.29 is 4.74 Å². The van der Waals surface area contributed by atoms with Crippen LogP contribution in [0.3, 0.4) is 0 Å². The molecule has 0 saturated carbocycles. The minimum absolute atomic E-state index is 0.340. The second-order valence-electron chi connectivity index (χ2n) is 5.33. The van der Waals surface area contributed by atoms with Crippen molar-refractivity contribution in [1.29, 1.82) is 0 Å². The summed E-state index contributed by atoms with van der Waals surface area (Å²) >= 11 is 1.78. The molecule has 4 nitrogen and oxygen atoms in total. The van der Waals surface area contributed by atoms with Crippen LogP contribution in [-0.2, 0) is 6.54 Å². The Morgan fingerprint density at radius 2 is 2.19 bits per heavy atom. The quantitative estimate of drug-likeness (QED) is 0.945. The summed E-state index contributed by atoms with van der Waals surface area (Å²) in [7, 11) is 1.99. The van der Waals surface area contributed by atoms with Crippen molar-refractivity contribution in [3.05, 3.63) is 40.4 Å². The van der Waals surface area contributed by atoms with Gasteiger partial charge in [0.05, 0.1) is 12.2 Å². The molecule has 0 spiro atoms. The van der Waals surface area contributed by atoms with Crippen molar-refractivity contribution >= 4 is 16.5 Å². The Morgan fingerprint density at radius 3 is 3.00 bits per heavy atom. The van der Waals surface area contributed by atoms with E-state index < -0.39 is 0 Å². The Labute approximate surface area is 129 Å². The monoisotopic (exact) mass is 303 g/mol. The molecule has 0 fully saturated rings. The molecular formula is C16H21N3OS. The molecule has 0 saturated heterocycles. The Kier molecular flexibility index (Phi) is 4.12. The van der Waals surface area contributed by atoms with Gasteiger partial charge in [0.1, 0.15) is 12.4 Å². The van der Waals surface area contributed by atoms with Crippen LogP contribution in [0.15, 0.2) is 24.3 Å². The number of hydrogen-bond acceptors (Lipinski definition) is 5. The molecule has 0 radical (unpaired) electrons. The molecule has 1 aromatic carbocycles. The molecule has 1 aromatic heterocycles. The minimum Gasteiger partial charge on any atom is -0.491 e. The number of aromatic nitrogens is 1. The van der Waals surface area contributed by atoms with Gasteiger partial charge in [0.15, 0.2) is 5.13 Å². The number of para-hydroxylation sites is 1. The van der Waals surface area contributed by atoms with Crippen LogP contribution < -0.4 is 15.0 Å². The molecule has 1 unspecified atom stereocenters. The van der Waals surface area contributed by atoms with Gasteiger partial charge in [-0.3, -0.25) is 0 Å². The summed E-state index contributed by atoms with van der Waals surface area (Å²) in [4.78, 5) is 8.39. The highest BCUT2D eigenvalue weighted by atomic mass is 32.1. The van der Waals surface area contributed by atoms with Gasteiger partial charge in [0, 0.05) is 23.0 Å². The second kappa shape index (κ2) is 6.03. The molecule has 3 rings (SSSR count). The number of aryl methyl sites for hydroxylation is 1. The summed E-state index contributed by atoms with van der Waals surface area (Å²) in [5, 5.41) is 4.38. The lowest BCUT2D eigenvalue weighted by Crippen LogP contribution is -2.25. The maximum absolute atomic E-state index is 5.83. The number of nitrogens with zero attached hydrogens (tertiary/aromatic N) is 2. The zero-order chi connectivity index (χ0) is 14.8. The predicted molar refractivity (Wildman–Crippen MR) is 87.3 cm³/mol. The van der Waals surface area contributed by atoms with Gasteiger partial charge in [-0.2, -0.15) is 0 Å². The molecule has 2 aromatic rings. The van der Waals surface area contributed by atoms with Crippen molar-refractivity contribution in [3.63, 3.8) is 0 Å². The number of fused-ring (bicyclic) bond motifs is 1. The first-order chi connectivity index (χ1) is 10.2. The summed E-state index contributed by atoms with van der Waals surface area (Å²) in [5.74, 6) is 0.997. The molecule has 0 amide bonds. The van der Waals surface area contributed by atoms with Gasteiger partial charge in [0.25, 0.3) is 0 Å². The Balaban J connectivity index is 1.87. The molecule has 1 aliphatic heterocycles. The number of nitrogens with one attached hydrogen (secondary N) is 1. The summed E-state index contributed by atoms with van der Waals surface area (Å²) in [6.45, 7) is 6.69. The SMILES string of the molecule is CNC(C)c1sc(N2CCOc3ccccc3C2)nc1C. The molecule has 21 heavy (non-hydrogen) atoms. The zero-order valence-electron chi connectivity index (χ0n) is 12.7. The molecule has 1 atom stereocenters. The van der Waals surface area contributed by atoms with Crippen molar-refractivity contribution in [2.45, 2.75) is 26.4 Å². The van der Waals surface area contributed by atoms with Crippen LogP contribution in [0.5, 0.6) is 5.75 Å². The number of benzene rings is 1. The number of hydrogen-bond donors (Lipinski definition) is 1. The van der Waals surface area contributed by atoms with Crippen LogP contribution in [-0.4, -0.2) is 25.2 Å². The highest BCUT2D eigenvalue weighted by Crippen LogP contribution is 2.33. The van der Waals surface area contributed by atoms with E-state index in [-0.39, 0.29) is 0 Å². The number of ether oxygens (including phenoxy) is 1. The average Bonchev–Trinajstić information content (AvgIpc) is 2.76. The van der Waals surface area contributed by atoms with E-state index in [0.29, 0.717) is 12.6 Å². The first-order valence-electron chi connectivity index (χ1n) is 7.29. The Bertz CT molecular complexity index is 626. The molecule has 0 bridgehead atoms. The number of anilines is 1. The van der Waals surface area contributed by atoms with Crippen molar-refractivity contribution in [2.24, 2.45) is 0 Å². The van der Waals surface area contributed by atoms with E-state index in [0.717, 1.165) is 29.7 Å². The molecule has 1 aliphatic rings. The van der Waals surface area contributed by atoms with Crippen LogP contribution >= 0.6 is 11.3 Å². The maximum atomic E-state index is 5.83. The smallest absolute Gasteiger partial charge is 0.186 e. The van der Waals surface area contributed by atoms with Gasteiger partial charge in [0.2, 0.25) is 0 Å². The third-order valence-electron chi connectivity index (χ3n) is 3.87. The minimum atomic E-state index is 0.340. The highest BCUT2D eigenvalue weighted by molar-refractivity contribution is 7.15. The van der Waals surface area contributed by atoms with Crippen molar-refractivity contribution in [1.82, 2.24) is 10.3 Å². The van der Waals surface area contributed by atoms with E-state index in [1.54, 1.807) is 11.3 Å². The second-order valence-corrected chi connectivity index (χ2v) is 6.34. The van der Waals surface area contributed by atoms with E-state index in [1.807, 2.05) is 19.2 Å². The van der Waals surface area contributed by atoms with Crippen LogP contribution in [0, 0.1) is 6.92 Å². The van der Waals surface area contributed by atoms with E-state index in [1.165, 1.54) is 10.4 Å². The van der Waals surface area contributed by atoms with Gasteiger partial charge in [-0.15, -0.1) is 11.3 Å². The largest absolute Gasteiger partial charge is 0.491 e. The summed E-state index contributed by atoms with van der Waals surface area (Å²) in [5.41, 5.74) is 2.35. The van der Waals surface area contributed by atoms with E-state index in [2.05, 4.69) is 36.2 Å². The van der Waals surface area contributed by atoms with Crippen LogP contribution in [0.1, 0.15) is 29.1 Å².